The summed E-state index contributed by atoms with van der Waals surface area (Å²) in [7, 11) is 0. The molecule has 0 radical (unpaired) electrons. The van der Waals surface area contributed by atoms with Gasteiger partial charge in [-0.1, -0.05) is 11.6 Å². The molecule has 31 heavy (non-hydrogen) atoms. The molecule has 0 aliphatic heterocycles. The number of anilines is 1. The molecule has 0 aromatic carbocycles. The highest BCUT2D eigenvalue weighted by Gasteiger charge is 2.29. The number of carbonyl (C=O) groups is 3. The van der Waals surface area contributed by atoms with Crippen molar-refractivity contribution in [3.63, 3.8) is 0 Å². The lowest BCUT2D eigenvalue weighted by Crippen LogP contribution is -2.21. The molecular formula is C18H21ClN4O7S. The van der Waals surface area contributed by atoms with Crippen molar-refractivity contribution in [2.75, 3.05) is 11.9 Å². The van der Waals surface area contributed by atoms with E-state index in [0.29, 0.717) is 5.56 Å². The van der Waals surface area contributed by atoms with Crippen LogP contribution in [-0.4, -0.2) is 45.3 Å². The van der Waals surface area contributed by atoms with Crippen LogP contribution in [0.25, 0.3) is 0 Å². The van der Waals surface area contributed by atoms with Crippen LogP contribution in [0, 0.1) is 24.0 Å². The predicted octanol–water partition coefficient (Wildman–Crippen LogP) is 3.50. The van der Waals surface area contributed by atoms with Crippen LogP contribution in [0.15, 0.2) is 0 Å². The van der Waals surface area contributed by atoms with Gasteiger partial charge >= 0.3 is 17.8 Å². The highest BCUT2D eigenvalue weighted by molar-refractivity contribution is 7.18. The number of amides is 1. The first kappa shape index (κ1) is 24.3. The highest BCUT2D eigenvalue weighted by atomic mass is 35.5. The largest absolute Gasteiger partial charge is 0.462 e. The van der Waals surface area contributed by atoms with Gasteiger partial charge in [-0.25, -0.2) is 9.59 Å². The summed E-state index contributed by atoms with van der Waals surface area (Å²) < 4.78 is 11.3. The predicted molar refractivity (Wildman–Crippen MR) is 113 cm³/mol. The quantitative estimate of drug-likeness (QED) is 0.349. The standard InChI is InChI=1S/C18H21ClN4O7S/c1-6-29-18(26)14-9(4)12(17(25)30-8(2)3)16(31-14)20-11(24)7-22-10(5)13(19)15(21-22)23(27)28/h8H,6-7H2,1-5H3,(H,20,24). The monoisotopic (exact) mass is 472 g/mol. The first-order valence-corrected chi connectivity index (χ1v) is 10.4. The number of nitrogens with one attached hydrogen (secondary N) is 1. The maximum absolute atomic E-state index is 12.6. The van der Waals surface area contributed by atoms with Gasteiger partial charge in [0.1, 0.15) is 16.4 Å². The summed E-state index contributed by atoms with van der Waals surface area (Å²) >= 11 is 6.76. The van der Waals surface area contributed by atoms with Gasteiger partial charge in [0, 0.05) is 0 Å². The second-order valence-corrected chi connectivity index (χ2v) is 8.02. The van der Waals surface area contributed by atoms with E-state index in [1.165, 1.54) is 6.92 Å². The zero-order chi connectivity index (χ0) is 23.5. The zero-order valence-corrected chi connectivity index (χ0v) is 19.0. The van der Waals surface area contributed by atoms with E-state index in [0.717, 1.165) is 16.0 Å². The van der Waals surface area contributed by atoms with E-state index in [2.05, 4.69) is 10.4 Å². The summed E-state index contributed by atoms with van der Waals surface area (Å²) in [6.07, 6.45) is -0.421. The summed E-state index contributed by atoms with van der Waals surface area (Å²) in [6, 6.07) is 0. The summed E-state index contributed by atoms with van der Waals surface area (Å²) in [5, 5.41) is 17.2. The summed E-state index contributed by atoms with van der Waals surface area (Å²) in [4.78, 5) is 47.8. The van der Waals surface area contributed by atoms with Gasteiger partial charge in [0.2, 0.25) is 5.91 Å². The van der Waals surface area contributed by atoms with Crippen LogP contribution >= 0.6 is 22.9 Å². The number of aromatic nitrogens is 2. The molecule has 13 heteroatoms. The first-order chi connectivity index (χ1) is 14.5. The maximum atomic E-state index is 12.6. The second kappa shape index (κ2) is 9.88. The lowest BCUT2D eigenvalue weighted by atomic mass is 10.1. The van der Waals surface area contributed by atoms with Crippen LogP contribution in [0.2, 0.25) is 5.02 Å². The Hall–Kier alpha value is -2.99. The Morgan fingerprint density at radius 3 is 2.45 bits per heavy atom. The number of thiophene rings is 1. The number of hydrogen-bond donors (Lipinski definition) is 1. The third kappa shape index (κ3) is 5.39. The van der Waals surface area contributed by atoms with Crippen LogP contribution in [0.3, 0.4) is 0 Å². The third-order valence-electron chi connectivity index (χ3n) is 3.99. The fourth-order valence-electron chi connectivity index (χ4n) is 2.59. The normalized spacial score (nSPS) is 10.8. The molecule has 0 aliphatic carbocycles. The van der Waals surface area contributed by atoms with Gasteiger partial charge in [0.15, 0.2) is 5.02 Å². The van der Waals surface area contributed by atoms with Crippen molar-refractivity contribution in [1.82, 2.24) is 9.78 Å². The second-order valence-electron chi connectivity index (χ2n) is 6.62. The molecule has 1 amide bonds. The van der Waals surface area contributed by atoms with Crippen LogP contribution in [0.1, 0.15) is 52.1 Å². The molecule has 0 fully saturated rings. The number of nitrogens with zero attached hydrogens (tertiary/aromatic N) is 3. The van der Waals surface area contributed by atoms with E-state index in [9.17, 15) is 24.5 Å². The molecule has 0 saturated heterocycles. The maximum Gasteiger partial charge on any atom is 0.408 e. The minimum absolute atomic E-state index is 0.0382. The van der Waals surface area contributed by atoms with Crippen molar-refractivity contribution in [2.45, 2.75) is 47.3 Å². The van der Waals surface area contributed by atoms with E-state index < -0.39 is 41.2 Å². The van der Waals surface area contributed by atoms with Crippen molar-refractivity contribution in [2.24, 2.45) is 0 Å². The van der Waals surface area contributed by atoms with E-state index in [4.69, 9.17) is 21.1 Å². The molecule has 2 aromatic rings. The third-order valence-corrected chi connectivity index (χ3v) is 5.62. The topological polar surface area (TPSA) is 143 Å². The minimum Gasteiger partial charge on any atom is -0.462 e. The smallest absolute Gasteiger partial charge is 0.408 e. The Morgan fingerprint density at radius 1 is 1.29 bits per heavy atom. The Kier molecular flexibility index (Phi) is 7.74. The van der Waals surface area contributed by atoms with E-state index in [-0.39, 0.29) is 32.8 Å². The number of ether oxygens (including phenoxy) is 2. The van der Waals surface area contributed by atoms with Crippen LogP contribution in [-0.2, 0) is 20.8 Å². The Bertz CT molecular complexity index is 1040. The van der Waals surface area contributed by atoms with Gasteiger partial charge in [-0.2, -0.15) is 4.68 Å². The van der Waals surface area contributed by atoms with E-state index in [1.807, 2.05) is 0 Å². The van der Waals surface area contributed by atoms with Crippen LogP contribution in [0.4, 0.5) is 10.8 Å². The molecule has 2 rings (SSSR count). The average molecular weight is 473 g/mol. The Morgan fingerprint density at radius 2 is 1.94 bits per heavy atom. The van der Waals surface area contributed by atoms with Crippen molar-refractivity contribution < 1.29 is 28.8 Å². The minimum atomic E-state index is -0.752. The van der Waals surface area contributed by atoms with Gasteiger partial charge in [-0.05, 0) is 45.1 Å². The Balaban J connectivity index is 2.36. The highest BCUT2D eigenvalue weighted by Crippen LogP contribution is 2.35. The van der Waals surface area contributed by atoms with Gasteiger partial charge in [-0.15, -0.1) is 11.3 Å². The van der Waals surface area contributed by atoms with Crippen molar-refractivity contribution >= 4 is 51.6 Å². The van der Waals surface area contributed by atoms with Crippen LogP contribution < -0.4 is 5.32 Å². The molecule has 2 aromatic heterocycles. The summed E-state index contributed by atoms with van der Waals surface area (Å²) in [6.45, 7) is 7.76. The number of rotatable bonds is 8. The van der Waals surface area contributed by atoms with Crippen molar-refractivity contribution in [1.29, 1.82) is 0 Å². The number of carbonyl (C=O) groups excluding carboxylic acids is 3. The summed E-state index contributed by atoms with van der Waals surface area (Å²) in [5.41, 5.74) is 0.590. The Labute approximate surface area is 186 Å². The lowest BCUT2D eigenvalue weighted by Gasteiger charge is -2.10. The molecule has 0 unspecified atom stereocenters. The van der Waals surface area contributed by atoms with Crippen molar-refractivity contribution in [3.05, 3.63) is 36.8 Å². The van der Waals surface area contributed by atoms with E-state index >= 15 is 0 Å². The fourth-order valence-corrected chi connectivity index (χ4v) is 3.90. The molecule has 1 N–H and O–H groups in total. The SMILES string of the molecule is CCOC(=O)c1sc(NC(=O)Cn2nc([N+](=O)[O-])c(Cl)c2C)c(C(=O)OC(C)C)c1C. The average Bonchev–Trinajstić information content (AvgIpc) is 3.12. The fraction of sp³-hybridized carbons (Fsp3) is 0.444. The van der Waals surface area contributed by atoms with E-state index in [1.54, 1.807) is 27.7 Å². The number of esters is 2. The zero-order valence-electron chi connectivity index (χ0n) is 17.5. The molecule has 0 saturated carbocycles. The summed E-state index contributed by atoms with van der Waals surface area (Å²) in [5.74, 6) is -2.53. The van der Waals surface area contributed by atoms with Gasteiger partial charge in [0.25, 0.3) is 0 Å². The molecule has 0 spiro atoms. The molecule has 2 heterocycles. The number of halogens is 1. The number of hydrogen-bond acceptors (Lipinski definition) is 9. The first-order valence-electron chi connectivity index (χ1n) is 9.16. The lowest BCUT2D eigenvalue weighted by molar-refractivity contribution is -0.389. The van der Waals surface area contributed by atoms with Crippen LogP contribution in [0.5, 0.6) is 0 Å². The molecule has 11 nitrogen and oxygen atoms in total. The molecule has 0 bridgehead atoms. The van der Waals surface area contributed by atoms with Crippen molar-refractivity contribution in [3.8, 4) is 0 Å². The van der Waals surface area contributed by atoms with Gasteiger partial charge < -0.3 is 24.9 Å². The van der Waals surface area contributed by atoms with Gasteiger partial charge in [0.05, 0.1) is 29.1 Å². The number of nitro groups is 1. The molecule has 0 atom stereocenters. The van der Waals surface area contributed by atoms with Gasteiger partial charge in [-0.3, -0.25) is 4.79 Å². The molecular weight excluding hydrogens is 452 g/mol. The molecule has 0 aliphatic rings. The molecule has 168 valence electrons.